The van der Waals surface area contributed by atoms with Crippen molar-refractivity contribution in [3.8, 4) is 11.4 Å². The number of carbonyl (C=O) groups is 1. The fraction of sp³-hybridized carbons (Fsp3) is 0.240. The number of nitrogens with one attached hydrogen (secondary N) is 1. The normalized spacial score (nSPS) is 10.9. The van der Waals surface area contributed by atoms with Gasteiger partial charge in [-0.2, -0.15) is 0 Å². The molecule has 2 N–H and O–H groups in total. The van der Waals surface area contributed by atoms with E-state index in [9.17, 15) is 9.90 Å². The molecule has 0 radical (unpaired) electrons. The Hall–Kier alpha value is -3.87. The Bertz CT molecular complexity index is 1200. The lowest BCUT2D eigenvalue weighted by Gasteiger charge is -2.17. The number of aromatic hydroxyl groups is 1. The summed E-state index contributed by atoms with van der Waals surface area (Å²) in [5, 5.41) is 22.8. The number of anilines is 1. The Morgan fingerprint density at radius 2 is 1.72 bits per heavy atom. The van der Waals surface area contributed by atoms with E-state index in [1.807, 2.05) is 74.5 Å². The van der Waals surface area contributed by atoms with Gasteiger partial charge in [0, 0.05) is 0 Å². The average Bonchev–Trinajstić information content (AvgIpc) is 3.23. The van der Waals surface area contributed by atoms with Gasteiger partial charge in [-0.3, -0.25) is 5.32 Å². The third-order valence-electron chi connectivity index (χ3n) is 5.34. The molecule has 0 atom stereocenters. The number of phenols is 1. The van der Waals surface area contributed by atoms with E-state index in [-0.39, 0.29) is 5.75 Å². The zero-order chi connectivity index (χ0) is 22.5. The molecular weight excluding hydrogens is 404 g/mol. The van der Waals surface area contributed by atoms with Crippen LogP contribution in [0, 0.1) is 6.92 Å². The highest BCUT2D eigenvalue weighted by Gasteiger charge is 2.20. The van der Waals surface area contributed by atoms with E-state index in [2.05, 4.69) is 15.5 Å². The second-order valence-corrected chi connectivity index (χ2v) is 7.66. The molecule has 3 aromatic carbocycles. The molecule has 4 aromatic rings. The number of aromatic nitrogens is 3. The number of hydrogen-bond donors (Lipinski definition) is 2. The molecule has 0 aliphatic rings. The predicted molar refractivity (Wildman–Crippen MR) is 124 cm³/mol. The summed E-state index contributed by atoms with van der Waals surface area (Å²) in [7, 11) is 0. The summed E-state index contributed by atoms with van der Waals surface area (Å²) < 4.78 is 5.25. The molecule has 1 aromatic heterocycles. The number of benzene rings is 3. The summed E-state index contributed by atoms with van der Waals surface area (Å²) >= 11 is 0. The SMILES string of the molecule is CCCCOC(=O)Nc1c(C)c(Cc2ccccc2)cc(-n2nc3ccccc3n2)c1O. The second kappa shape index (κ2) is 9.51. The van der Waals surface area contributed by atoms with Gasteiger partial charge in [0.2, 0.25) is 0 Å². The molecule has 7 heteroatoms. The lowest BCUT2D eigenvalue weighted by molar-refractivity contribution is 0.159. The van der Waals surface area contributed by atoms with Crippen LogP contribution in [0.15, 0.2) is 60.7 Å². The maximum absolute atomic E-state index is 12.4. The average molecular weight is 431 g/mol. The van der Waals surface area contributed by atoms with Crippen LogP contribution < -0.4 is 5.32 Å². The van der Waals surface area contributed by atoms with Crippen LogP contribution in [0.25, 0.3) is 16.7 Å². The van der Waals surface area contributed by atoms with Gasteiger partial charge in [0.1, 0.15) is 16.7 Å². The lowest BCUT2D eigenvalue weighted by Crippen LogP contribution is -2.16. The molecule has 7 nitrogen and oxygen atoms in total. The van der Waals surface area contributed by atoms with E-state index in [1.165, 1.54) is 4.80 Å². The number of amides is 1. The van der Waals surface area contributed by atoms with Crippen LogP contribution >= 0.6 is 0 Å². The van der Waals surface area contributed by atoms with E-state index in [0.29, 0.717) is 35.4 Å². The van der Waals surface area contributed by atoms with Crippen molar-refractivity contribution < 1.29 is 14.6 Å². The van der Waals surface area contributed by atoms with Crippen LogP contribution in [0.4, 0.5) is 10.5 Å². The van der Waals surface area contributed by atoms with Crippen LogP contribution in [0.5, 0.6) is 5.75 Å². The molecular formula is C25H26N4O3. The van der Waals surface area contributed by atoms with Crippen molar-refractivity contribution >= 4 is 22.8 Å². The highest BCUT2D eigenvalue weighted by Crippen LogP contribution is 2.37. The number of rotatable bonds is 7. The largest absolute Gasteiger partial charge is 0.504 e. The van der Waals surface area contributed by atoms with Gasteiger partial charge in [-0.25, -0.2) is 4.79 Å². The number of hydrogen-bond acceptors (Lipinski definition) is 5. The zero-order valence-corrected chi connectivity index (χ0v) is 18.2. The number of carbonyl (C=O) groups excluding carboxylic acids is 1. The first-order valence-electron chi connectivity index (χ1n) is 10.7. The zero-order valence-electron chi connectivity index (χ0n) is 18.2. The molecule has 164 valence electrons. The fourth-order valence-corrected chi connectivity index (χ4v) is 3.53. The number of unbranched alkanes of at least 4 members (excludes halogenated alkanes) is 1. The predicted octanol–water partition coefficient (Wildman–Crippen LogP) is 5.37. The molecule has 1 heterocycles. The lowest BCUT2D eigenvalue weighted by atomic mass is 9.97. The Kier molecular flexibility index (Phi) is 6.35. The van der Waals surface area contributed by atoms with E-state index in [4.69, 9.17) is 4.74 Å². The molecule has 32 heavy (non-hydrogen) atoms. The van der Waals surface area contributed by atoms with E-state index in [0.717, 1.165) is 29.5 Å². The summed E-state index contributed by atoms with van der Waals surface area (Å²) in [6, 6.07) is 19.4. The van der Waals surface area contributed by atoms with Crippen molar-refractivity contribution in [3.05, 3.63) is 77.4 Å². The molecule has 4 rings (SSSR count). The molecule has 0 fully saturated rings. The Morgan fingerprint density at radius 1 is 1.06 bits per heavy atom. The first-order chi connectivity index (χ1) is 15.6. The Balaban J connectivity index is 1.77. The van der Waals surface area contributed by atoms with Gasteiger partial charge >= 0.3 is 6.09 Å². The molecule has 0 spiro atoms. The van der Waals surface area contributed by atoms with Gasteiger partial charge in [-0.15, -0.1) is 15.0 Å². The molecule has 0 aliphatic carbocycles. The van der Waals surface area contributed by atoms with Crippen molar-refractivity contribution in [1.29, 1.82) is 0 Å². The van der Waals surface area contributed by atoms with Gasteiger partial charge in [0.05, 0.1) is 12.3 Å². The quantitative estimate of drug-likeness (QED) is 0.304. The molecule has 0 saturated heterocycles. The number of phenolic OH excluding ortho intramolecular Hbond substituents is 1. The minimum absolute atomic E-state index is 0.105. The molecule has 1 amide bonds. The van der Waals surface area contributed by atoms with Gasteiger partial charge in [0.25, 0.3) is 0 Å². The molecule has 0 bridgehead atoms. The van der Waals surface area contributed by atoms with Gasteiger partial charge in [-0.05, 0) is 54.7 Å². The van der Waals surface area contributed by atoms with Gasteiger partial charge in [-0.1, -0.05) is 55.8 Å². The summed E-state index contributed by atoms with van der Waals surface area (Å²) in [5.41, 5.74) is 4.93. The monoisotopic (exact) mass is 430 g/mol. The standard InChI is InChI=1S/C25H26N4O3/c1-3-4-14-32-25(31)26-23-17(2)19(15-18-10-6-5-7-11-18)16-22(24(23)30)29-27-20-12-8-9-13-21(20)28-29/h5-13,16,30H,3-4,14-15H2,1-2H3,(H,26,31). The van der Waals surface area contributed by atoms with Crippen molar-refractivity contribution in [3.63, 3.8) is 0 Å². The van der Waals surface area contributed by atoms with E-state index in [1.54, 1.807) is 0 Å². The highest BCUT2D eigenvalue weighted by molar-refractivity contribution is 5.90. The first-order valence-corrected chi connectivity index (χ1v) is 10.7. The Labute approximate surface area is 186 Å². The van der Waals surface area contributed by atoms with E-state index >= 15 is 0 Å². The third kappa shape index (κ3) is 4.56. The Morgan fingerprint density at radius 3 is 2.38 bits per heavy atom. The van der Waals surface area contributed by atoms with Crippen molar-refractivity contribution in [2.45, 2.75) is 33.1 Å². The summed E-state index contributed by atoms with van der Waals surface area (Å²) in [6.07, 6.45) is 1.73. The van der Waals surface area contributed by atoms with Gasteiger partial charge < -0.3 is 9.84 Å². The van der Waals surface area contributed by atoms with Crippen LogP contribution in [0.3, 0.4) is 0 Å². The maximum atomic E-state index is 12.4. The van der Waals surface area contributed by atoms with Gasteiger partial charge in [0.15, 0.2) is 5.75 Å². The van der Waals surface area contributed by atoms with Crippen LogP contribution in [0.2, 0.25) is 0 Å². The summed E-state index contributed by atoms with van der Waals surface area (Å²) in [6.45, 7) is 4.22. The molecule has 0 aliphatic heterocycles. The highest BCUT2D eigenvalue weighted by atomic mass is 16.5. The maximum Gasteiger partial charge on any atom is 0.411 e. The molecule has 0 unspecified atom stereocenters. The topological polar surface area (TPSA) is 89.3 Å². The van der Waals surface area contributed by atoms with Crippen molar-refractivity contribution in [2.75, 3.05) is 11.9 Å². The first kappa shape index (κ1) is 21.4. The van der Waals surface area contributed by atoms with Crippen LogP contribution in [0.1, 0.15) is 36.5 Å². The number of ether oxygens (including phenoxy) is 1. The smallest absolute Gasteiger partial charge is 0.411 e. The van der Waals surface area contributed by atoms with Crippen molar-refractivity contribution in [1.82, 2.24) is 15.0 Å². The van der Waals surface area contributed by atoms with Crippen LogP contribution in [-0.2, 0) is 11.2 Å². The number of nitrogens with zero attached hydrogens (tertiary/aromatic N) is 3. The number of fused-ring (bicyclic) bond motifs is 1. The fourth-order valence-electron chi connectivity index (χ4n) is 3.53. The minimum atomic E-state index is -0.599. The van der Waals surface area contributed by atoms with E-state index < -0.39 is 6.09 Å². The third-order valence-corrected chi connectivity index (χ3v) is 5.34. The van der Waals surface area contributed by atoms with Crippen molar-refractivity contribution in [2.24, 2.45) is 0 Å². The minimum Gasteiger partial charge on any atom is -0.504 e. The van der Waals surface area contributed by atoms with Crippen LogP contribution in [-0.4, -0.2) is 32.8 Å². The molecule has 0 saturated carbocycles. The summed E-state index contributed by atoms with van der Waals surface area (Å²) in [5.74, 6) is -0.105. The second-order valence-electron chi connectivity index (χ2n) is 7.66. The summed E-state index contributed by atoms with van der Waals surface area (Å²) in [4.78, 5) is 13.8.